The SMILES string of the molecule is Cc1cccc(Nc2ncccc2C(=O)[O-])c1C. The van der Waals surface area contributed by atoms with Crippen LogP contribution in [-0.4, -0.2) is 11.0 Å². The highest BCUT2D eigenvalue weighted by Crippen LogP contribution is 2.23. The van der Waals surface area contributed by atoms with Crippen LogP contribution in [0.4, 0.5) is 11.5 Å². The van der Waals surface area contributed by atoms with Crippen LogP contribution in [0.15, 0.2) is 36.5 Å². The number of anilines is 2. The van der Waals surface area contributed by atoms with Crippen molar-refractivity contribution in [1.82, 2.24) is 4.98 Å². The quantitative estimate of drug-likeness (QED) is 0.890. The molecule has 0 bridgehead atoms. The number of hydrogen-bond acceptors (Lipinski definition) is 4. The molecule has 4 nitrogen and oxygen atoms in total. The molecule has 92 valence electrons. The predicted molar refractivity (Wildman–Crippen MR) is 67.8 cm³/mol. The number of hydrogen-bond donors (Lipinski definition) is 1. The van der Waals surface area contributed by atoms with Crippen LogP contribution in [0, 0.1) is 13.8 Å². The first-order valence-electron chi connectivity index (χ1n) is 5.59. The van der Waals surface area contributed by atoms with E-state index in [0.717, 1.165) is 16.8 Å². The summed E-state index contributed by atoms with van der Waals surface area (Å²) < 4.78 is 0. The largest absolute Gasteiger partial charge is 0.545 e. The second-order valence-corrected chi connectivity index (χ2v) is 4.06. The molecule has 0 atom stereocenters. The van der Waals surface area contributed by atoms with Crippen LogP contribution < -0.4 is 10.4 Å². The van der Waals surface area contributed by atoms with Crippen LogP contribution in [0.3, 0.4) is 0 Å². The number of aromatic nitrogens is 1. The fourth-order valence-corrected chi connectivity index (χ4v) is 1.68. The Morgan fingerprint density at radius 3 is 2.72 bits per heavy atom. The smallest absolute Gasteiger partial charge is 0.139 e. The molecule has 0 radical (unpaired) electrons. The molecule has 1 aromatic heterocycles. The highest BCUT2D eigenvalue weighted by Gasteiger charge is 2.06. The predicted octanol–water partition coefficient (Wildman–Crippen LogP) is 1.81. The standard InChI is InChI=1S/C14H14N2O2/c1-9-5-3-7-12(10(9)2)16-13-11(14(17)18)6-4-8-15-13/h3-8H,1-2H3,(H,15,16)(H,17,18)/p-1. The van der Waals surface area contributed by atoms with Gasteiger partial charge in [0.1, 0.15) is 5.82 Å². The average molecular weight is 241 g/mol. The van der Waals surface area contributed by atoms with Crippen molar-refractivity contribution in [2.45, 2.75) is 13.8 Å². The third-order valence-corrected chi connectivity index (χ3v) is 2.89. The van der Waals surface area contributed by atoms with E-state index in [-0.39, 0.29) is 5.56 Å². The molecule has 0 amide bonds. The zero-order valence-corrected chi connectivity index (χ0v) is 10.2. The first-order valence-corrected chi connectivity index (χ1v) is 5.59. The van der Waals surface area contributed by atoms with Crippen molar-refractivity contribution in [1.29, 1.82) is 0 Å². The molecule has 0 aliphatic heterocycles. The number of carbonyl (C=O) groups is 1. The zero-order chi connectivity index (χ0) is 13.1. The maximum absolute atomic E-state index is 11.0. The fourth-order valence-electron chi connectivity index (χ4n) is 1.68. The Hall–Kier alpha value is -2.36. The molecule has 0 spiro atoms. The molecular formula is C14H13N2O2-. The van der Waals surface area contributed by atoms with Crippen LogP contribution in [0.1, 0.15) is 21.5 Å². The number of nitrogens with one attached hydrogen (secondary N) is 1. The van der Waals surface area contributed by atoms with Gasteiger partial charge in [-0.05, 0) is 43.2 Å². The van der Waals surface area contributed by atoms with Crippen molar-refractivity contribution in [3.63, 3.8) is 0 Å². The van der Waals surface area contributed by atoms with Gasteiger partial charge in [-0.3, -0.25) is 0 Å². The summed E-state index contributed by atoms with van der Waals surface area (Å²) >= 11 is 0. The van der Waals surface area contributed by atoms with Crippen LogP contribution in [0.2, 0.25) is 0 Å². The van der Waals surface area contributed by atoms with Crippen LogP contribution in [0.5, 0.6) is 0 Å². The van der Waals surface area contributed by atoms with Crippen molar-refractivity contribution in [3.8, 4) is 0 Å². The summed E-state index contributed by atoms with van der Waals surface area (Å²) in [6.07, 6.45) is 1.54. The molecule has 1 aromatic carbocycles. The van der Waals surface area contributed by atoms with Gasteiger partial charge in [-0.2, -0.15) is 0 Å². The summed E-state index contributed by atoms with van der Waals surface area (Å²) in [4.78, 5) is 15.0. The monoisotopic (exact) mass is 241 g/mol. The minimum Gasteiger partial charge on any atom is -0.545 e. The van der Waals surface area contributed by atoms with Crippen LogP contribution in [0.25, 0.3) is 0 Å². The number of carboxylic acid groups (broad SMARTS) is 1. The Morgan fingerprint density at radius 2 is 2.00 bits per heavy atom. The highest BCUT2D eigenvalue weighted by atomic mass is 16.4. The maximum atomic E-state index is 11.0. The molecule has 2 aromatic rings. The van der Waals surface area contributed by atoms with Gasteiger partial charge in [-0.25, -0.2) is 4.98 Å². The van der Waals surface area contributed by atoms with Gasteiger partial charge in [-0.15, -0.1) is 0 Å². The molecule has 4 heteroatoms. The van der Waals surface area contributed by atoms with E-state index in [1.54, 1.807) is 12.3 Å². The molecule has 0 aliphatic carbocycles. The van der Waals surface area contributed by atoms with E-state index < -0.39 is 5.97 Å². The number of rotatable bonds is 3. The van der Waals surface area contributed by atoms with E-state index >= 15 is 0 Å². The van der Waals surface area contributed by atoms with Crippen molar-refractivity contribution in [2.24, 2.45) is 0 Å². The van der Waals surface area contributed by atoms with E-state index in [1.807, 2.05) is 32.0 Å². The van der Waals surface area contributed by atoms with Crippen molar-refractivity contribution in [2.75, 3.05) is 5.32 Å². The molecule has 0 fully saturated rings. The second-order valence-electron chi connectivity index (χ2n) is 4.06. The fraction of sp³-hybridized carbons (Fsp3) is 0.143. The summed E-state index contributed by atoms with van der Waals surface area (Å²) in [5.74, 6) is -0.942. The summed E-state index contributed by atoms with van der Waals surface area (Å²) in [7, 11) is 0. The van der Waals surface area contributed by atoms with Gasteiger partial charge < -0.3 is 15.2 Å². The summed E-state index contributed by atoms with van der Waals surface area (Å²) in [6.45, 7) is 3.97. The van der Waals surface area contributed by atoms with Crippen molar-refractivity contribution in [3.05, 3.63) is 53.2 Å². The molecule has 2 rings (SSSR count). The number of carboxylic acids is 1. The summed E-state index contributed by atoms with van der Waals surface area (Å²) in [5, 5.41) is 14.0. The number of carbonyl (C=O) groups excluding carboxylic acids is 1. The van der Waals surface area contributed by atoms with Gasteiger partial charge in [0, 0.05) is 17.4 Å². The minimum absolute atomic E-state index is 0.0541. The second kappa shape index (κ2) is 4.87. The molecule has 1 N–H and O–H groups in total. The van der Waals surface area contributed by atoms with Gasteiger partial charge in [0.2, 0.25) is 0 Å². The molecule has 0 saturated heterocycles. The first-order chi connectivity index (χ1) is 8.59. The number of benzene rings is 1. The minimum atomic E-state index is -1.24. The average Bonchev–Trinajstić information content (AvgIpc) is 2.35. The Kier molecular flexibility index (Phi) is 3.28. The Labute approximate surface area is 105 Å². The Morgan fingerprint density at radius 1 is 1.22 bits per heavy atom. The molecule has 0 saturated carbocycles. The number of nitrogens with zero attached hydrogens (tertiary/aromatic N) is 1. The molecule has 18 heavy (non-hydrogen) atoms. The van der Waals surface area contributed by atoms with Crippen molar-refractivity contribution >= 4 is 17.5 Å². The number of aryl methyl sites for hydroxylation is 1. The summed E-state index contributed by atoms with van der Waals surface area (Å²) in [6, 6.07) is 8.83. The van der Waals surface area contributed by atoms with Gasteiger partial charge in [0.15, 0.2) is 0 Å². The van der Waals surface area contributed by atoms with Crippen LogP contribution in [-0.2, 0) is 0 Å². The lowest BCUT2D eigenvalue weighted by atomic mass is 10.1. The molecular weight excluding hydrogens is 228 g/mol. The van der Waals surface area contributed by atoms with E-state index in [4.69, 9.17) is 0 Å². The highest BCUT2D eigenvalue weighted by molar-refractivity contribution is 5.92. The number of pyridine rings is 1. The van der Waals surface area contributed by atoms with E-state index in [0.29, 0.717) is 5.82 Å². The van der Waals surface area contributed by atoms with E-state index in [1.165, 1.54) is 6.07 Å². The first kappa shape index (κ1) is 12.1. The third kappa shape index (κ3) is 2.32. The molecule has 0 unspecified atom stereocenters. The van der Waals surface area contributed by atoms with Gasteiger partial charge in [0.25, 0.3) is 0 Å². The van der Waals surface area contributed by atoms with E-state index in [2.05, 4.69) is 10.3 Å². The lowest BCUT2D eigenvalue weighted by molar-refractivity contribution is -0.254. The van der Waals surface area contributed by atoms with Gasteiger partial charge in [-0.1, -0.05) is 12.1 Å². The number of aromatic carboxylic acids is 1. The van der Waals surface area contributed by atoms with Gasteiger partial charge in [0.05, 0.1) is 5.97 Å². The van der Waals surface area contributed by atoms with Crippen LogP contribution >= 0.6 is 0 Å². The van der Waals surface area contributed by atoms with Gasteiger partial charge >= 0.3 is 0 Å². The van der Waals surface area contributed by atoms with E-state index in [9.17, 15) is 9.90 Å². The zero-order valence-electron chi connectivity index (χ0n) is 10.2. The Balaban J connectivity index is 2.40. The lowest BCUT2D eigenvalue weighted by Crippen LogP contribution is -2.23. The molecule has 0 aliphatic rings. The van der Waals surface area contributed by atoms with Crippen molar-refractivity contribution < 1.29 is 9.90 Å². The Bertz CT molecular complexity index is 594. The maximum Gasteiger partial charge on any atom is 0.139 e. The lowest BCUT2D eigenvalue weighted by Gasteiger charge is -2.14. The third-order valence-electron chi connectivity index (χ3n) is 2.89. The topological polar surface area (TPSA) is 65.0 Å². The summed E-state index contributed by atoms with van der Waals surface area (Å²) in [5.41, 5.74) is 3.09. The molecule has 1 heterocycles. The normalized spacial score (nSPS) is 10.1.